The summed E-state index contributed by atoms with van der Waals surface area (Å²) in [4.78, 5) is 12.8. The summed E-state index contributed by atoms with van der Waals surface area (Å²) in [5.74, 6) is 0.896. The number of nitrogens with one attached hydrogen (secondary N) is 3. The highest BCUT2D eigenvalue weighted by atomic mass is 32.2. The summed E-state index contributed by atoms with van der Waals surface area (Å²) < 4.78 is 25.2. The van der Waals surface area contributed by atoms with Gasteiger partial charge in [0.05, 0.1) is 33.1 Å². The van der Waals surface area contributed by atoms with Gasteiger partial charge in [0.25, 0.3) is 0 Å². The maximum Gasteiger partial charge on any atom is 0.227 e. The molecule has 0 radical (unpaired) electrons. The molecule has 1 atom stereocenters. The Balaban J connectivity index is 1.74. The molecule has 2 aromatic heterocycles. The molecule has 3 N–H and O–H groups in total. The lowest BCUT2D eigenvalue weighted by molar-refractivity contribution is 0.415. The minimum absolute atomic E-state index is 0.407. The molecule has 2 heterocycles. The van der Waals surface area contributed by atoms with Crippen LogP contribution in [0, 0.1) is 11.7 Å². The van der Waals surface area contributed by atoms with E-state index in [0.717, 1.165) is 27.7 Å². The molecule has 1 unspecified atom stereocenters. The highest BCUT2D eigenvalue weighted by Gasteiger charge is 2.14. The summed E-state index contributed by atoms with van der Waals surface area (Å²) >= 11 is 0. The van der Waals surface area contributed by atoms with Crippen LogP contribution in [-0.2, 0) is 9.73 Å². The molecule has 0 aliphatic heterocycles. The van der Waals surface area contributed by atoms with Gasteiger partial charge in [-0.1, -0.05) is 18.2 Å². The van der Waals surface area contributed by atoms with Crippen molar-refractivity contribution in [3.63, 3.8) is 0 Å². The van der Waals surface area contributed by atoms with Crippen LogP contribution in [0.1, 0.15) is 5.56 Å². The SMILES string of the molecule is COc1cc(S(C)(=N)=O)ccc1Nc1ncc(C)c(-c2c[nH]c3ccccc23)n1. The monoisotopic (exact) mass is 407 g/mol. The predicted molar refractivity (Wildman–Crippen MR) is 115 cm³/mol. The Hall–Kier alpha value is -3.39. The van der Waals surface area contributed by atoms with Gasteiger partial charge in [0, 0.05) is 35.1 Å². The average Bonchev–Trinajstić information content (AvgIpc) is 3.13. The summed E-state index contributed by atoms with van der Waals surface area (Å²) in [7, 11) is -1.30. The first-order valence-electron chi connectivity index (χ1n) is 8.96. The van der Waals surface area contributed by atoms with Crippen LogP contribution in [0.5, 0.6) is 5.75 Å². The maximum atomic E-state index is 12.0. The summed E-state index contributed by atoms with van der Waals surface area (Å²) in [6.45, 7) is 1.97. The zero-order chi connectivity index (χ0) is 20.6. The van der Waals surface area contributed by atoms with E-state index in [9.17, 15) is 4.21 Å². The number of hydrogen-bond acceptors (Lipinski definition) is 6. The molecule has 148 valence electrons. The van der Waals surface area contributed by atoms with E-state index in [2.05, 4.69) is 21.4 Å². The Kier molecular flexibility index (Phi) is 4.71. The van der Waals surface area contributed by atoms with E-state index in [1.54, 1.807) is 24.4 Å². The maximum absolute atomic E-state index is 12.0. The molecule has 0 aliphatic carbocycles. The van der Waals surface area contributed by atoms with Gasteiger partial charge < -0.3 is 15.0 Å². The van der Waals surface area contributed by atoms with Gasteiger partial charge in [-0.3, -0.25) is 0 Å². The number of ether oxygens (including phenoxy) is 1. The average molecular weight is 407 g/mol. The minimum Gasteiger partial charge on any atom is -0.495 e. The molecule has 0 fully saturated rings. The molecular weight excluding hydrogens is 386 g/mol. The normalized spacial score (nSPS) is 13.2. The quantitative estimate of drug-likeness (QED) is 0.444. The minimum atomic E-state index is -2.83. The topological polar surface area (TPSA) is 104 Å². The second kappa shape index (κ2) is 7.21. The summed E-state index contributed by atoms with van der Waals surface area (Å²) in [6.07, 6.45) is 5.10. The lowest BCUT2D eigenvalue weighted by atomic mass is 10.1. The number of rotatable bonds is 5. The smallest absolute Gasteiger partial charge is 0.227 e. The fraction of sp³-hybridized carbons (Fsp3) is 0.143. The van der Waals surface area contributed by atoms with Crippen molar-refractivity contribution in [2.24, 2.45) is 0 Å². The second-order valence-corrected chi connectivity index (χ2v) is 8.96. The highest BCUT2D eigenvalue weighted by molar-refractivity contribution is 7.91. The molecule has 4 rings (SSSR count). The fourth-order valence-corrected chi connectivity index (χ4v) is 3.84. The van der Waals surface area contributed by atoms with Gasteiger partial charge in [0.2, 0.25) is 5.95 Å². The largest absolute Gasteiger partial charge is 0.495 e. The van der Waals surface area contributed by atoms with Crippen molar-refractivity contribution in [3.8, 4) is 17.0 Å². The molecular formula is C21H21N5O2S. The Morgan fingerprint density at radius 3 is 2.76 bits per heavy atom. The van der Waals surface area contributed by atoms with E-state index in [1.165, 1.54) is 13.4 Å². The van der Waals surface area contributed by atoms with Crippen LogP contribution in [-0.4, -0.2) is 32.5 Å². The van der Waals surface area contributed by atoms with E-state index in [1.807, 2.05) is 31.3 Å². The number of aryl methyl sites for hydroxylation is 1. The number of anilines is 2. The summed E-state index contributed by atoms with van der Waals surface area (Å²) in [6, 6.07) is 13.0. The number of nitrogens with zero attached hydrogens (tertiary/aromatic N) is 2. The van der Waals surface area contributed by atoms with Gasteiger partial charge >= 0.3 is 0 Å². The standard InChI is InChI=1S/C21H21N5O2S/c1-13-11-24-21(25-18-9-8-14(29(3,22)27)10-19(18)28-2)26-20(13)16-12-23-17-7-5-4-6-15(16)17/h4-12,22-23H,1-3H3,(H,24,25,26). The zero-order valence-electron chi connectivity index (χ0n) is 16.3. The Labute approximate surface area is 169 Å². The van der Waals surface area contributed by atoms with Crippen molar-refractivity contribution in [2.45, 2.75) is 11.8 Å². The van der Waals surface area contributed by atoms with Crippen molar-refractivity contribution in [2.75, 3.05) is 18.7 Å². The van der Waals surface area contributed by atoms with Crippen molar-refractivity contribution >= 4 is 32.3 Å². The van der Waals surface area contributed by atoms with Crippen LogP contribution >= 0.6 is 0 Å². The third-order valence-corrected chi connectivity index (χ3v) is 5.84. The number of aromatic nitrogens is 3. The van der Waals surface area contributed by atoms with Gasteiger partial charge in [0.15, 0.2) is 0 Å². The molecule has 4 aromatic rings. The first-order chi connectivity index (χ1) is 13.9. The van der Waals surface area contributed by atoms with Crippen LogP contribution in [0.4, 0.5) is 11.6 Å². The predicted octanol–water partition coefficient (Wildman–Crippen LogP) is 4.72. The molecule has 0 aliphatic rings. The van der Waals surface area contributed by atoms with E-state index in [0.29, 0.717) is 22.3 Å². The number of hydrogen-bond donors (Lipinski definition) is 3. The Bertz CT molecular complexity index is 1310. The summed E-state index contributed by atoms with van der Waals surface area (Å²) in [5.41, 5.74) is 4.48. The number of benzene rings is 2. The van der Waals surface area contributed by atoms with Crippen molar-refractivity contribution < 1.29 is 8.95 Å². The fourth-order valence-electron chi connectivity index (χ4n) is 3.18. The third kappa shape index (κ3) is 3.66. The third-order valence-electron chi connectivity index (χ3n) is 4.69. The number of methoxy groups -OCH3 is 1. The highest BCUT2D eigenvalue weighted by Crippen LogP contribution is 2.32. The molecule has 29 heavy (non-hydrogen) atoms. The van der Waals surface area contributed by atoms with Gasteiger partial charge in [-0.15, -0.1) is 0 Å². The molecule has 0 saturated carbocycles. The van der Waals surface area contributed by atoms with E-state index in [-0.39, 0.29) is 0 Å². The molecule has 0 saturated heterocycles. The van der Waals surface area contributed by atoms with Crippen LogP contribution in [0.3, 0.4) is 0 Å². The van der Waals surface area contributed by atoms with Gasteiger partial charge in [-0.25, -0.2) is 19.0 Å². The van der Waals surface area contributed by atoms with E-state index >= 15 is 0 Å². The van der Waals surface area contributed by atoms with Crippen molar-refractivity contribution in [1.29, 1.82) is 4.78 Å². The molecule has 0 amide bonds. The molecule has 0 bridgehead atoms. The van der Waals surface area contributed by atoms with E-state index < -0.39 is 9.73 Å². The number of fused-ring (bicyclic) bond motifs is 1. The number of aromatic amines is 1. The van der Waals surface area contributed by atoms with Gasteiger partial charge in [0.1, 0.15) is 5.75 Å². The van der Waals surface area contributed by atoms with Crippen LogP contribution in [0.15, 0.2) is 59.8 Å². The lowest BCUT2D eigenvalue weighted by Crippen LogP contribution is -2.03. The molecule has 0 spiro atoms. The van der Waals surface area contributed by atoms with E-state index in [4.69, 9.17) is 14.5 Å². The number of para-hydroxylation sites is 1. The lowest BCUT2D eigenvalue weighted by Gasteiger charge is -2.13. The molecule has 7 nitrogen and oxygen atoms in total. The van der Waals surface area contributed by atoms with Gasteiger partial charge in [-0.05, 0) is 36.8 Å². The van der Waals surface area contributed by atoms with Gasteiger partial charge in [-0.2, -0.15) is 0 Å². The van der Waals surface area contributed by atoms with Crippen LogP contribution < -0.4 is 10.1 Å². The molecule has 2 aromatic carbocycles. The first-order valence-corrected chi connectivity index (χ1v) is 10.9. The van der Waals surface area contributed by atoms with Crippen molar-refractivity contribution in [1.82, 2.24) is 15.0 Å². The Morgan fingerprint density at radius 2 is 2.00 bits per heavy atom. The summed E-state index contributed by atoms with van der Waals surface area (Å²) in [5, 5.41) is 4.26. The zero-order valence-corrected chi connectivity index (χ0v) is 17.1. The first kappa shape index (κ1) is 18.9. The van der Waals surface area contributed by atoms with Crippen LogP contribution in [0.25, 0.3) is 22.2 Å². The van der Waals surface area contributed by atoms with Crippen LogP contribution in [0.2, 0.25) is 0 Å². The molecule has 8 heteroatoms. The number of H-pyrrole nitrogens is 1. The Morgan fingerprint density at radius 1 is 1.21 bits per heavy atom. The van der Waals surface area contributed by atoms with Crippen molar-refractivity contribution in [3.05, 3.63) is 60.4 Å². The second-order valence-electron chi connectivity index (χ2n) is 6.80.